The molecule has 1 atom stereocenters. The molecule has 222 valence electrons. The minimum Gasteiger partial charge on any atom is -0.343 e. The molecule has 42 heavy (non-hydrogen) atoms. The summed E-state index contributed by atoms with van der Waals surface area (Å²) in [5.41, 5.74) is 3.56. The van der Waals surface area contributed by atoms with Gasteiger partial charge in [0.05, 0.1) is 22.7 Å². The zero-order valence-electron chi connectivity index (χ0n) is 22.7. The second kappa shape index (κ2) is 11.1. The van der Waals surface area contributed by atoms with Crippen LogP contribution in [0.3, 0.4) is 0 Å². The largest absolute Gasteiger partial charge is 0.406 e. The summed E-state index contributed by atoms with van der Waals surface area (Å²) in [6.45, 7) is -0.306. The molecular formula is C29H30ClF3N6O3. The van der Waals surface area contributed by atoms with E-state index in [4.69, 9.17) is 11.6 Å². The number of fused-ring (bicyclic) bond motifs is 4. The lowest BCUT2D eigenvalue weighted by atomic mass is 9.92. The zero-order valence-corrected chi connectivity index (χ0v) is 23.5. The Hall–Kier alpha value is -3.80. The molecule has 4 heterocycles. The van der Waals surface area contributed by atoms with Gasteiger partial charge in [-0.2, -0.15) is 18.3 Å². The van der Waals surface area contributed by atoms with E-state index < -0.39 is 24.5 Å². The Morgan fingerprint density at radius 2 is 1.86 bits per heavy atom. The molecule has 0 spiro atoms. The van der Waals surface area contributed by atoms with E-state index in [1.165, 1.54) is 6.20 Å². The first-order valence-corrected chi connectivity index (χ1v) is 14.4. The number of benzene rings is 2. The number of nitrogens with one attached hydrogen (secondary N) is 2. The number of nitrogens with zero attached hydrogens (tertiary/aromatic N) is 4. The van der Waals surface area contributed by atoms with Gasteiger partial charge < -0.3 is 20.0 Å². The molecular weight excluding hydrogens is 573 g/mol. The van der Waals surface area contributed by atoms with Crippen molar-refractivity contribution in [1.29, 1.82) is 0 Å². The first-order valence-electron chi connectivity index (χ1n) is 14.0. The summed E-state index contributed by atoms with van der Waals surface area (Å²) in [6.07, 6.45) is -1.34. The van der Waals surface area contributed by atoms with E-state index in [1.54, 1.807) is 11.0 Å². The van der Waals surface area contributed by atoms with Crippen molar-refractivity contribution in [3.05, 3.63) is 58.2 Å². The van der Waals surface area contributed by atoms with Crippen molar-refractivity contribution in [1.82, 2.24) is 24.9 Å². The van der Waals surface area contributed by atoms with Crippen molar-refractivity contribution in [3.63, 3.8) is 0 Å². The number of carbonyl (C=O) groups is 3. The summed E-state index contributed by atoms with van der Waals surface area (Å²) in [6, 6.07) is 9.14. The van der Waals surface area contributed by atoms with Crippen LogP contribution in [0.15, 0.2) is 36.5 Å². The Bertz CT molecular complexity index is 1530. The van der Waals surface area contributed by atoms with Crippen molar-refractivity contribution in [2.45, 2.75) is 50.9 Å². The van der Waals surface area contributed by atoms with E-state index >= 15 is 0 Å². The SMILES string of the molecule is O=C(C[C@@H]1Cc2cc(Cl)c3[nH]ncc3c2CN(CC(F)(F)F)C1=O)N1CCC(N2CCc3ccccc3NC2=O)CC1. The van der Waals surface area contributed by atoms with E-state index in [9.17, 15) is 27.6 Å². The Morgan fingerprint density at radius 3 is 2.62 bits per heavy atom. The fourth-order valence-electron chi connectivity index (χ4n) is 6.45. The standard InChI is InChI=1S/C29H30ClF3N6O3/c30-23-12-18-11-19(27(41)38(16-29(31,32)33)15-22(18)21-14-34-36-26(21)23)13-25(40)37-8-6-20(7-9-37)39-10-5-17-3-1-2-4-24(17)35-28(39)42/h1-4,12,14,19-20H,5-11,13,15-16H2,(H,34,36)(H,35,42)/t19-/m0/s1. The van der Waals surface area contributed by atoms with Gasteiger partial charge in [-0.25, -0.2) is 4.79 Å². The van der Waals surface area contributed by atoms with Crippen molar-refractivity contribution in [3.8, 4) is 0 Å². The first-order chi connectivity index (χ1) is 20.1. The number of anilines is 1. The van der Waals surface area contributed by atoms with Gasteiger partial charge in [0.1, 0.15) is 6.54 Å². The fraction of sp³-hybridized carbons (Fsp3) is 0.448. The quantitative estimate of drug-likeness (QED) is 0.450. The van der Waals surface area contributed by atoms with E-state index in [1.807, 2.05) is 29.2 Å². The molecule has 13 heteroatoms. The van der Waals surface area contributed by atoms with Crippen LogP contribution in [0.4, 0.5) is 23.7 Å². The van der Waals surface area contributed by atoms with E-state index in [0.717, 1.165) is 22.6 Å². The number of likely N-dealkylation sites (tertiary alicyclic amines) is 1. The number of para-hydroxylation sites is 1. The van der Waals surface area contributed by atoms with Gasteiger partial charge in [-0.1, -0.05) is 29.8 Å². The van der Waals surface area contributed by atoms with E-state index in [-0.39, 0.29) is 37.4 Å². The fourth-order valence-corrected chi connectivity index (χ4v) is 6.72. The van der Waals surface area contributed by atoms with Crippen LogP contribution < -0.4 is 5.32 Å². The van der Waals surface area contributed by atoms with Gasteiger partial charge in [-0.05, 0) is 54.5 Å². The lowest BCUT2D eigenvalue weighted by molar-refractivity contribution is -0.165. The van der Waals surface area contributed by atoms with Crippen LogP contribution in [0.1, 0.15) is 36.0 Å². The molecule has 1 fully saturated rings. The minimum absolute atomic E-state index is 0.0449. The Morgan fingerprint density at radius 1 is 1.10 bits per heavy atom. The maximum atomic E-state index is 13.5. The summed E-state index contributed by atoms with van der Waals surface area (Å²) in [5, 5.41) is 10.6. The molecule has 0 bridgehead atoms. The van der Waals surface area contributed by atoms with Crippen LogP contribution in [0.25, 0.3) is 10.9 Å². The molecule has 2 N–H and O–H groups in total. The number of aromatic amines is 1. The normalized spacial score (nSPS) is 20.2. The number of aromatic nitrogens is 2. The highest BCUT2D eigenvalue weighted by Gasteiger charge is 2.40. The van der Waals surface area contributed by atoms with Gasteiger partial charge in [-0.3, -0.25) is 14.7 Å². The number of piperidine rings is 1. The molecule has 4 amide bonds. The number of alkyl halides is 3. The van der Waals surface area contributed by atoms with Gasteiger partial charge in [0, 0.05) is 49.7 Å². The molecule has 0 saturated carbocycles. The molecule has 2 aromatic carbocycles. The number of amides is 4. The smallest absolute Gasteiger partial charge is 0.343 e. The highest BCUT2D eigenvalue weighted by molar-refractivity contribution is 6.35. The molecule has 0 radical (unpaired) electrons. The molecule has 0 aliphatic carbocycles. The van der Waals surface area contributed by atoms with Crippen molar-refractivity contribution < 1.29 is 27.6 Å². The minimum atomic E-state index is -4.60. The van der Waals surface area contributed by atoms with Gasteiger partial charge in [0.15, 0.2) is 0 Å². The predicted octanol–water partition coefficient (Wildman–Crippen LogP) is 4.75. The van der Waals surface area contributed by atoms with Crippen molar-refractivity contribution >= 4 is 46.0 Å². The Kier molecular flexibility index (Phi) is 7.50. The molecule has 0 unspecified atom stereocenters. The third-order valence-electron chi connectivity index (χ3n) is 8.56. The third-order valence-corrected chi connectivity index (χ3v) is 8.86. The topological polar surface area (TPSA) is 102 Å². The van der Waals surface area contributed by atoms with Crippen LogP contribution in [0.2, 0.25) is 5.02 Å². The maximum absolute atomic E-state index is 13.5. The summed E-state index contributed by atoms with van der Waals surface area (Å²) >= 11 is 6.41. The van der Waals surface area contributed by atoms with E-state index in [2.05, 4.69) is 15.5 Å². The molecule has 3 aliphatic heterocycles. The first kappa shape index (κ1) is 28.3. The summed E-state index contributed by atoms with van der Waals surface area (Å²) in [4.78, 5) is 44.1. The molecule has 1 aromatic heterocycles. The van der Waals surface area contributed by atoms with Crippen molar-refractivity contribution in [2.75, 3.05) is 31.5 Å². The molecule has 6 rings (SSSR count). The average molecular weight is 603 g/mol. The molecule has 3 aliphatic rings. The van der Waals surface area contributed by atoms with Gasteiger partial charge in [0.25, 0.3) is 0 Å². The van der Waals surface area contributed by atoms with Gasteiger partial charge in [0.2, 0.25) is 11.8 Å². The van der Waals surface area contributed by atoms with Crippen LogP contribution in [0, 0.1) is 5.92 Å². The van der Waals surface area contributed by atoms with Crippen LogP contribution >= 0.6 is 11.6 Å². The average Bonchev–Trinajstić information content (AvgIpc) is 3.34. The number of halogens is 4. The second-order valence-corrected chi connectivity index (χ2v) is 11.6. The number of H-pyrrole nitrogens is 1. The van der Waals surface area contributed by atoms with E-state index in [0.29, 0.717) is 59.5 Å². The number of rotatable bonds is 4. The zero-order chi connectivity index (χ0) is 29.6. The summed E-state index contributed by atoms with van der Waals surface area (Å²) in [5.74, 6) is -1.96. The highest BCUT2D eigenvalue weighted by Crippen LogP contribution is 2.35. The monoisotopic (exact) mass is 602 g/mol. The summed E-state index contributed by atoms with van der Waals surface area (Å²) < 4.78 is 40.5. The second-order valence-electron chi connectivity index (χ2n) is 11.2. The Labute approximate surface area is 245 Å². The number of carbonyl (C=O) groups excluding carboxylic acids is 3. The molecule has 9 nitrogen and oxygen atoms in total. The number of urea groups is 1. The Balaban J connectivity index is 1.15. The number of hydrogen-bond acceptors (Lipinski definition) is 4. The van der Waals surface area contributed by atoms with Gasteiger partial charge >= 0.3 is 12.2 Å². The molecule has 1 saturated heterocycles. The van der Waals surface area contributed by atoms with Crippen LogP contribution in [-0.2, 0) is 29.0 Å². The third kappa shape index (κ3) is 5.64. The lowest BCUT2D eigenvalue weighted by Gasteiger charge is -2.38. The van der Waals surface area contributed by atoms with Crippen molar-refractivity contribution in [2.24, 2.45) is 5.92 Å². The van der Waals surface area contributed by atoms with Crippen LogP contribution in [0.5, 0.6) is 0 Å². The lowest BCUT2D eigenvalue weighted by Crippen LogP contribution is -2.50. The summed E-state index contributed by atoms with van der Waals surface area (Å²) in [7, 11) is 0. The predicted molar refractivity (Wildman–Crippen MR) is 150 cm³/mol. The van der Waals surface area contributed by atoms with Gasteiger partial charge in [-0.15, -0.1) is 0 Å². The highest BCUT2D eigenvalue weighted by atomic mass is 35.5. The molecule has 3 aromatic rings. The maximum Gasteiger partial charge on any atom is 0.406 e. The van der Waals surface area contributed by atoms with Crippen LogP contribution in [-0.4, -0.2) is 81.1 Å². The number of hydrogen-bond donors (Lipinski definition) is 2.